The summed E-state index contributed by atoms with van der Waals surface area (Å²) in [5.41, 5.74) is 3.37. The van der Waals surface area contributed by atoms with E-state index < -0.39 is 0 Å². The summed E-state index contributed by atoms with van der Waals surface area (Å²) in [6.45, 7) is 2.02. The highest BCUT2D eigenvalue weighted by atomic mass is 16.3. The molecule has 0 unspecified atom stereocenters. The number of nitriles is 1. The second kappa shape index (κ2) is 4.46. The van der Waals surface area contributed by atoms with Gasteiger partial charge in [-0.05, 0) is 36.8 Å². The molecule has 0 aliphatic rings. The van der Waals surface area contributed by atoms with Crippen LogP contribution in [0.4, 0.5) is 0 Å². The molecule has 4 heteroatoms. The molecule has 1 N–H and O–H groups in total. The Morgan fingerprint density at radius 2 is 2.32 bits per heavy atom. The van der Waals surface area contributed by atoms with Gasteiger partial charge in [-0.15, -0.1) is 0 Å². The monoisotopic (exact) mass is 249 g/mol. The summed E-state index contributed by atoms with van der Waals surface area (Å²) < 4.78 is 5.21. The van der Waals surface area contributed by atoms with Crippen LogP contribution in [0.1, 0.15) is 17.1 Å². The standard InChI is InChI=1S/C15H11N3O/c1-10-4-5-13-14(7-10)18-15(17-13)11(9-16)8-12-3-2-6-19-12/h2-8H,1H3,(H,17,18)/b11-8-. The molecule has 0 bridgehead atoms. The summed E-state index contributed by atoms with van der Waals surface area (Å²) in [4.78, 5) is 7.57. The number of fused-ring (bicyclic) bond motifs is 1. The number of aromatic amines is 1. The van der Waals surface area contributed by atoms with Gasteiger partial charge in [0.1, 0.15) is 17.7 Å². The number of aryl methyl sites for hydroxylation is 1. The van der Waals surface area contributed by atoms with E-state index >= 15 is 0 Å². The summed E-state index contributed by atoms with van der Waals surface area (Å²) in [5, 5.41) is 9.24. The Bertz CT molecular complexity index is 789. The maximum atomic E-state index is 9.24. The van der Waals surface area contributed by atoms with E-state index in [-0.39, 0.29) is 0 Å². The van der Waals surface area contributed by atoms with E-state index in [1.165, 1.54) is 0 Å². The third-order valence-corrected chi connectivity index (χ3v) is 2.84. The molecule has 1 aromatic carbocycles. The number of hydrogen-bond acceptors (Lipinski definition) is 3. The summed E-state index contributed by atoms with van der Waals surface area (Å²) >= 11 is 0. The van der Waals surface area contributed by atoms with Crippen LogP contribution in [0.5, 0.6) is 0 Å². The molecule has 3 rings (SSSR count). The molecule has 0 spiro atoms. The number of aromatic nitrogens is 2. The van der Waals surface area contributed by atoms with Crippen molar-refractivity contribution in [3.63, 3.8) is 0 Å². The van der Waals surface area contributed by atoms with Crippen molar-refractivity contribution in [2.75, 3.05) is 0 Å². The normalized spacial score (nSPS) is 11.7. The molecule has 4 nitrogen and oxygen atoms in total. The third kappa shape index (κ3) is 2.14. The number of rotatable bonds is 2. The van der Waals surface area contributed by atoms with Crippen molar-refractivity contribution in [1.82, 2.24) is 9.97 Å². The van der Waals surface area contributed by atoms with Gasteiger partial charge in [0.2, 0.25) is 0 Å². The molecule has 19 heavy (non-hydrogen) atoms. The first-order valence-corrected chi connectivity index (χ1v) is 5.88. The number of benzene rings is 1. The average molecular weight is 249 g/mol. The van der Waals surface area contributed by atoms with E-state index in [4.69, 9.17) is 4.42 Å². The van der Waals surface area contributed by atoms with Crippen LogP contribution < -0.4 is 0 Å². The minimum Gasteiger partial charge on any atom is -0.465 e. The molecule has 0 saturated heterocycles. The third-order valence-electron chi connectivity index (χ3n) is 2.84. The zero-order chi connectivity index (χ0) is 13.2. The van der Waals surface area contributed by atoms with Crippen molar-refractivity contribution < 1.29 is 4.42 Å². The zero-order valence-electron chi connectivity index (χ0n) is 10.3. The lowest BCUT2D eigenvalue weighted by Crippen LogP contribution is -1.83. The lowest BCUT2D eigenvalue weighted by Gasteiger charge is -1.91. The first-order chi connectivity index (χ1) is 9.26. The summed E-state index contributed by atoms with van der Waals surface area (Å²) in [7, 11) is 0. The van der Waals surface area contributed by atoms with E-state index in [1.807, 2.05) is 25.1 Å². The van der Waals surface area contributed by atoms with Gasteiger partial charge in [0, 0.05) is 6.08 Å². The van der Waals surface area contributed by atoms with Crippen molar-refractivity contribution in [2.24, 2.45) is 0 Å². The molecule has 0 aliphatic heterocycles. The molecule has 2 aromatic heterocycles. The smallest absolute Gasteiger partial charge is 0.149 e. The molecule has 0 radical (unpaired) electrons. The Morgan fingerprint density at radius 3 is 3.05 bits per heavy atom. The van der Waals surface area contributed by atoms with Crippen molar-refractivity contribution in [1.29, 1.82) is 5.26 Å². The van der Waals surface area contributed by atoms with E-state index in [9.17, 15) is 5.26 Å². The second-order valence-electron chi connectivity index (χ2n) is 4.29. The van der Waals surface area contributed by atoms with Crippen LogP contribution in [-0.2, 0) is 0 Å². The number of imidazole rings is 1. The highest BCUT2D eigenvalue weighted by Crippen LogP contribution is 2.20. The second-order valence-corrected chi connectivity index (χ2v) is 4.29. The van der Waals surface area contributed by atoms with E-state index in [0.29, 0.717) is 17.2 Å². The molecule has 92 valence electrons. The van der Waals surface area contributed by atoms with Crippen LogP contribution in [0.25, 0.3) is 22.7 Å². The molecule has 0 aliphatic carbocycles. The Hall–Kier alpha value is -2.80. The summed E-state index contributed by atoms with van der Waals surface area (Å²) in [6, 6.07) is 11.7. The van der Waals surface area contributed by atoms with Gasteiger partial charge in [-0.2, -0.15) is 5.26 Å². The lowest BCUT2D eigenvalue weighted by atomic mass is 10.2. The largest absolute Gasteiger partial charge is 0.465 e. The number of allylic oxidation sites excluding steroid dienone is 1. The maximum Gasteiger partial charge on any atom is 0.149 e. The fourth-order valence-corrected chi connectivity index (χ4v) is 1.92. The SMILES string of the molecule is Cc1ccc2nc(/C(C#N)=C\c3ccco3)[nH]c2c1. The number of nitrogens with zero attached hydrogens (tertiary/aromatic N) is 2. The predicted octanol–water partition coefficient (Wildman–Crippen LogP) is 3.53. The molecular weight excluding hydrogens is 238 g/mol. The van der Waals surface area contributed by atoms with E-state index in [0.717, 1.165) is 16.6 Å². The Balaban J connectivity index is 2.10. The van der Waals surface area contributed by atoms with Crippen molar-refractivity contribution >= 4 is 22.7 Å². The minimum absolute atomic E-state index is 0.448. The van der Waals surface area contributed by atoms with Crippen molar-refractivity contribution in [3.8, 4) is 6.07 Å². The van der Waals surface area contributed by atoms with Crippen LogP contribution in [-0.4, -0.2) is 9.97 Å². The quantitative estimate of drug-likeness (QED) is 0.706. The van der Waals surface area contributed by atoms with Gasteiger partial charge in [-0.3, -0.25) is 0 Å². The first-order valence-electron chi connectivity index (χ1n) is 5.88. The molecule has 3 aromatic rings. The Morgan fingerprint density at radius 1 is 1.42 bits per heavy atom. The highest BCUT2D eigenvalue weighted by molar-refractivity contribution is 5.89. The predicted molar refractivity (Wildman–Crippen MR) is 73.0 cm³/mol. The number of hydrogen-bond donors (Lipinski definition) is 1. The molecule has 0 atom stereocenters. The summed E-state index contributed by atoms with van der Waals surface area (Å²) in [5.74, 6) is 1.19. The van der Waals surface area contributed by atoms with Crippen LogP contribution >= 0.6 is 0 Å². The summed E-state index contributed by atoms with van der Waals surface area (Å²) in [6.07, 6.45) is 3.24. The van der Waals surface area contributed by atoms with Crippen LogP contribution in [0.3, 0.4) is 0 Å². The fourth-order valence-electron chi connectivity index (χ4n) is 1.92. The maximum absolute atomic E-state index is 9.24. The van der Waals surface area contributed by atoms with E-state index in [2.05, 4.69) is 16.0 Å². The van der Waals surface area contributed by atoms with Gasteiger partial charge in [0.15, 0.2) is 0 Å². The molecule has 0 saturated carbocycles. The zero-order valence-corrected chi connectivity index (χ0v) is 10.3. The van der Waals surface area contributed by atoms with Gasteiger partial charge < -0.3 is 9.40 Å². The lowest BCUT2D eigenvalue weighted by molar-refractivity contribution is 0.557. The van der Waals surface area contributed by atoms with Gasteiger partial charge in [0.25, 0.3) is 0 Å². The van der Waals surface area contributed by atoms with Crippen molar-refractivity contribution in [3.05, 3.63) is 53.7 Å². The molecular formula is C15H11N3O. The van der Waals surface area contributed by atoms with Crippen molar-refractivity contribution in [2.45, 2.75) is 6.92 Å². The highest BCUT2D eigenvalue weighted by Gasteiger charge is 2.08. The molecule has 2 heterocycles. The van der Waals surface area contributed by atoms with Crippen LogP contribution in [0.15, 0.2) is 41.0 Å². The topological polar surface area (TPSA) is 65.6 Å². The fraction of sp³-hybridized carbons (Fsp3) is 0.0667. The minimum atomic E-state index is 0.448. The van der Waals surface area contributed by atoms with Gasteiger partial charge in [0.05, 0.1) is 22.9 Å². The van der Waals surface area contributed by atoms with Gasteiger partial charge >= 0.3 is 0 Å². The van der Waals surface area contributed by atoms with Gasteiger partial charge in [-0.1, -0.05) is 6.07 Å². The number of nitrogens with one attached hydrogen (secondary N) is 1. The molecule has 0 amide bonds. The van der Waals surface area contributed by atoms with Crippen LogP contribution in [0.2, 0.25) is 0 Å². The van der Waals surface area contributed by atoms with Crippen LogP contribution in [0, 0.1) is 18.3 Å². The average Bonchev–Trinajstić information content (AvgIpc) is 3.03. The number of H-pyrrole nitrogens is 1. The Kier molecular flexibility index (Phi) is 2.66. The number of furan rings is 1. The first kappa shape index (κ1) is 11.3. The Labute approximate surface area is 110 Å². The van der Waals surface area contributed by atoms with E-state index in [1.54, 1.807) is 24.5 Å². The molecule has 0 fully saturated rings. The van der Waals surface area contributed by atoms with Gasteiger partial charge in [-0.25, -0.2) is 4.98 Å².